The monoisotopic (exact) mass is 455 g/mol. The molecule has 0 aliphatic rings. The summed E-state index contributed by atoms with van der Waals surface area (Å²) in [7, 11) is 2.28. The number of aromatic nitrogens is 3. The summed E-state index contributed by atoms with van der Waals surface area (Å²) in [6.07, 6.45) is 1.71. The number of carbonyl (C=O) groups is 1. The maximum Gasteiger partial charge on any atom is 0.254 e. The van der Waals surface area contributed by atoms with Crippen molar-refractivity contribution in [1.82, 2.24) is 19.7 Å². The number of fused-ring (bicyclic) bond motifs is 3. The molecule has 0 radical (unpaired) electrons. The number of aryl methyl sites for hydroxylation is 2. The summed E-state index contributed by atoms with van der Waals surface area (Å²) in [6.45, 7) is 9.13. The van der Waals surface area contributed by atoms with Gasteiger partial charge in [-0.05, 0) is 42.3 Å². The first-order chi connectivity index (χ1) is 15.5. The molecule has 0 aliphatic heterocycles. The molecule has 2 N–H and O–H groups in total. The van der Waals surface area contributed by atoms with Crippen LogP contribution in [0.5, 0.6) is 0 Å². The number of amides is 1. The zero-order valence-electron chi connectivity index (χ0n) is 20.0. The molecule has 0 saturated heterocycles. The van der Waals surface area contributed by atoms with Crippen LogP contribution >= 0.6 is 0 Å². The SMILES string of the molecule is Cc1cc2nc(N)c3cnn(C)c3c2cc1C(=O)N(C)Cc1ccc(C#C[Si](C)(C)C)cc1. The van der Waals surface area contributed by atoms with Crippen LogP contribution in [0.2, 0.25) is 19.6 Å². The third-order valence-electron chi connectivity index (χ3n) is 5.59. The van der Waals surface area contributed by atoms with E-state index < -0.39 is 8.07 Å². The third-order valence-corrected chi connectivity index (χ3v) is 6.46. The number of nitrogens with two attached hydrogens (primary N) is 1. The van der Waals surface area contributed by atoms with Crippen LogP contribution in [0.1, 0.15) is 27.0 Å². The molecule has 0 spiro atoms. The highest BCUT2D eigenvalue weighted by molar-refractivity contribution is 6.83. The quantitative estimate of drug-likeness (QED) is 0.364. The summed E-state index contributed by atoms with van der Waals surface area (Å²) in [5.74, 6) is 3.67. The van der Waals surface area contributed by atoms with E-state index in [1.54, 1.807) is 15.8 Å². The molecule has 7 heteroatoms. The Morgan fingerprint density at radius 1 is 1.15 bits per heavy atom. The van der Waals surface area contributed by atoms with Crippen molar-refractivity contribution in [2.45, 2.75) is 33.1 Å². The Morgan fingerprint density at radius 2 is 1.85 bits per heavy atom. The van der Waals surface area contributed by atoms with Gasteiger partial charge in [0.25, 0.3) is 5.91 Å². The number of rotatable bonds is 3. The van der Waals surface area contributed by atoms with Gasteiger partial charge in [0.1, 0.15) is 13.9 Å². The molecule has 0 aliphatic carbocycles. The van der Waals surface area contributed by atoms with Gasteiger partial charge < -0.3 is 10.6 Å². The number of benzene rings is 2. The van der Waals surface area contributed by atoms with Gasteiger partial charge in [-0.1, -0.05) is 37.7 Å². The molecule has 2 aromatic carbocycles. The molecule has 33 heavy (non-hydrogen) atoms. The summed E-state index contributed by atoms with van der Waals surface area (Å²) in [5.41, 5.74) is 14.7. The summed E-state index contributed by atoms with van der Waals surface area (Å²) in [4.78, 5) is 19.6. The molecule has 0 unspecified atom stereocenters. The van der Waals surface area contributed by atoms with Crippen LogP contribution in [-0.2, 0) is 13.6 Å². The molecule has 0 fully saturated rings. The van der Waals surface area contributed by atoms with Crippen molar-refractivity contribution in [1.29, 1.82) is 0 Å². The van der Waals surface area contributed by atoms with Crippen molar-refractivity contribution in [2.24, 2.45) is 7.05 Å². The first-order valence-corrected chi connectivity index (χ1v) is 14.4. The fraction of sp³-hybridized carbons (Fsp3) is 0.269. The molecule has 2 aromatic heterocycles. The zero-order valence-corrected chi connectivity index (χ0v) is 21.0. The second-order valence-electron chi connectivity index (χ2n) is 9.57. The van der Waals surface area contributed by atoms with Crippen molar-refractivity contribution >= 4 is 41.6 Å². The minimum Gasteiger partial charge on any atom is -0.383 e. The lowest BCUT2D eigenvalue weighted by molar-refractivity contribution is 0.0784. The summed E-state index contributed by atoms with van der Waals surface area (Å²) >= 11 is 0. The van der Waals surface area contributed by atoms with Gasteiger partial charge in [0.15, 0.2) is 0 Å². The second-order valence-corrected chi connectivity index (χ2v) is 14.3. The van der Waals surface area contributed by atoms with Gasteiger partial charge in [0, 0.05) is 37.2 Å². The number of nitrogen functional groups attached to an aromatic ring is 1. The van der Waals surface area contributed by atoms with Crippen LogP contribution in [-0.4, -0.2) is 40.7 Å². The number of hydrogen-bond acceptors (Lipinski definition) is 4. The van der Waals surface area contributed by atoms with Gasteiger partial charge in [0.05, 0.1) is 22.6 Å². The minimum absolute atomic E-state index is 0.0378. The molecule has 0 saturated carbocycles. The highest BCUT2D eigenvalue weighted by atomic mass is 28.3. The van der Waals surface area contributed by atoms with Gasteiger partial charge in [-0.2, -0.15) is 5.10 Å². The lowest BCUT2D eigenvalue weighted by Gasteiger charge is -2.19. The van der Waals surface area contributed by atoms with Gasteiger partial charge in [-0.15, -0.1) is 5.54 Å². The fourth-order valence-corrected chi connectivity index (χ4v) is 4.36. The van der Waals surface area contributed by atoms with E-state index in [2.05, 4.69) is 41.2 Å². The Labute approximate surface area is 195 Å². The molecule has 168 valence electrons. The molecule has 6 nitrogen and oxygen atoms in total. The van der Waals surface area contributed by atoms with E-state index in [4.69, 9.17) is 5.73 Å². The largest absolute Gasteiger partial charge is 0.383 e. The number of anilines is 1. The highest BCUT2D eigenvalue weighted by Crippen LogP contribution is 2.30. The Kier molecular flexibility index (Phi) is 5.72. The standard InChI is InChI=1S/C26H29N5OSi/c1-17-13-23-21(24-22(25(27)29-23)15-28-31(24)3)14-20(17)26(32)30(2)16-19-9-7-18(8-10-19)11-12-33(4,5)6/h7-10,13-15H,16H2,1-6H3,(H2,27,29). The summed E-state index contributed by atoms with van der Waals surface area (Å²) < 4.78 is 1.77. The van der Waals surface area contributed by atoms with Crippen LogP contribution in [0, 0.1) is 18.4 Å². The third kappa shape index (κ3) is 4.62. The predicted molar refractivity (Wildman–Crippen MR) is 138 cm³/mol. The van der Waals surface area contributed by atoms with Crippen LogP contribution in [0.25, 0.3) is 21.8 Å². The van der Waals surface area contributed by atoms with E-state index in [0.29, 0.717) is 17.9 Å². The number of nitrogens with zero attached hydrogens (tertiary/aromatic N) is 4. The average Bonchev–Trinajstić information content (AvgIpc) is 3.14. The maximum atomic E-state index is 13.4. The highest BCUT2D eigenvalue weighted by Gasteiger charge is 2.18. The fourth-order valence-electron chi connectivity index (χ4n) is 3.84. The molecular weight excluding hydrogens is 426 g/mol. The van der Waals surface area contributed by atoms with Crippen molar-refractivity contribution in [3.8, 4) is 11.5 Å². The molecular formula is C26H29N5OSi. The topological polar surface area (TPSA) is 77.0 Å². The first-order valence-electron chi connectivity index (χ1n) is 10.9. The van der Waals surface area contributed by atoms with Crippen LogP contribution in [0.3, 0.4) is 0 Å². The zero-order chi connectivity index (χ0) is 23.9. The average molecular weight is 456 g/mol. The van der Waals surface area contributed by atoms with E-state index in [9.17, 15) is 4.79 Å². The smallest absolute Gasteiger partial charge is 0.254 e. The van der Waals surface area contributed by atoms with E-state index >= 15 is 0 Å². The first kappa shape index (κ1) is 22.6. The van der Waals surface area contributed by atoms with Crippen molar-refractivity contribution in [3.63, 3.8) is 0 Å². The molecule has 1 amide bonds. The Hall–Kier alpha value is -3.63. The van der Waals surface area contributed by atoms with Crippen LogP contribution < -0.4 is 5.73 Å². The van der Waals surface area contributed by atoms with Gasteiger partial charge in [0.2, 0.25) is 0 Å². The molecule has 0 atom stereocenters. The van der Waals surface area contributed by atoms with E-state index in [-0.39, 0.29) is 5.91 Å². The Morgan fingerprint density at radius 3 is 2.52 bits per heavy atom. The van der Waals surface area contributed by atoms with E-state index in [1.807, 2.05) is 57.4 Å². The lowest BCUT2D eigenvalue weighted by Crippen LogP contribution is -2.26. The molecule has 4 rings (SSSR count). The summed E-state index contributed by atoms with van der Waals surface area (Å²) in [6, 6.07) is 12.0. The van der Waals surface area contributed by atoms with E-state index in [1.165, 1.54) is 0 Å². The maximum absolute atomic E-state index is 13.4. The number of hydrogen-bond donors (Lipinski definition) is 1. The van der Waals surface area contributed by atoms with E-state index in [0.717, 1.165) is 38.5 Å². The Balaban J connectivity index is 1.62. The number of carbonyl (C=O) groups excluding carboxylic acids is 1. The van der Waals surface area contributed by atoms with Crippen molar-refractivity contribution in [2.75, 3.05) is 12.8 Å². The normalized spacial score (nSPS) is 11.5. The molecule has 4 aromatic rings. The molecule has 2 heterocycles. The van der Waals surface area contributed by atoms with Crippen LogP contribution in [0.15, 0.2) is 42.6 Å². The number of pyridine rings is 1. The van der Waals surface area contributed by atoms with Crippen molar-refractivity contribution < 1.29 is 4.79 Å². The Bertz CT molecular complexity index is 1440. The van der Waals surface area contributed by atoms with Gasteiger partial charge in [-0.3, -0.25) is 9.48 Å². The summed E-state index contributed by atoms with van der Waals surface area (Å²) in [5, 5.41) is 5.98. The van der Waals surface area contributed by atoms with Crippen molar-refractivity contribution in [3.05, 3.63) is 64.8 Å². The van der Waals surface area contributed by atoms with Gasteiger partial charge >= 0.3 is 0 Å². The lowest BCUT2D eigenvalue weighted by atomic mass is 10.0. The second kappa shape index (κ2) is 8.37. The predicted octanol–water partition coefficient (Wildman–Crippen LogP) is 4.51. The molecule has 0 bridgehead atoms. The van der Waals surface area contributed by atoms with Crippen LogP contribution in [0.4, 0.5) is 5.82 Å². The van der Waals surface area contributed by atoms with Gasteiger partial charge in [-0.25, -0.2) is 4.98 Å². The minimum atomic E-state index is -1.41.